The lowest BCUT2D eigenvalue weighted by atomic mass is 10.0. The van der Waals surface area contributed by atoms with Crippen LogP contribution in [0, 0.1) is 12.7 Å². The van der Waals surface area contributed by atoms with Gasteiger partial charge in [-0.15, -0.1) is 0 Å². The van der Waals surface area contributed by atoms with Crippen molar-refractivity contribution in [2.45, 2.75) is 13.0 Å². The summed E-state index contributed by atoms with van der Waals surface area (Å²) in [6.45, 7) is 1.84. The molecule has 0 aliphatic heterocycles. The van der Waals surface area contributed by atoms with Crippen LogP contribution in [0.4, 0.5) is 4.39 Å². The number of benzene rings is 1. The Morgan fingerprint density at radius 3 is 2.67 bits per heavy atom. The van der Waals surface area contributed by atoms with Crippen LogP contribution in [0.3, 0.4) is 0 Å². The van der Waals surface area contributed by atoms with Crippen molar-refractivity contribution in [1.82, 2.24) is 0 Å². The van der Waals surface area contributed by atoms with Gasteiger partial charge in [0.05, 0.1) is 18.6 Å². The first-order valence-electron chi connectivity index (χ1n) is 4.71. The van der Waals surface area contributed by atoms with Gasteiger partial charge in [-0.2, -0.15) is 0 Å². The Balaban J connectivity index is 2.37. The fraction of sp³-hybridized carbons (Fsp3) is 0.167. The van der Waals surface area contributed by atoms with Crippen molar-refractivity contribution in [2.75, 3.05) is 0 Å². The lowest BCUT2D eigenvalue weighted by Crippen LogP contribution is -2.11. The quantitative estimate of drug-likeness (QED) is 0.818. The molecule has 0 aliphatic rings. The molecule has 2 N–H and O–H groups in total. The molecule has 1 unspecified atom stereocenters. The minimum absolute atomic E-state index is 0.260. The van der Waals surface area contributed by atoms with Gasteiger partial charge in [-0.25, -0.2) is 4.39 Å². The molecule has 15 heavy (non-hydrogen) atoms. The largest absolute Gasteiger partial charge is 0.472 e. The monoisotopic (exact) mass is 205 g/mol. The first kappa shape index (κ1) is 9.93. The second-order valence-corrected chi connectivity index (χ2v) is 3.60. The molecule has 0 saturated carbocycles. The van der Waals surface area contributed by atoms with E-state index in [0.717, 1.165) is 16.7 Å². The third-order valence-electron chi connectivity index (χ3n) is 2.33. The molecule has 1 aromatic carbocycles. The molecule has 1 heterocycles. The number of hydrogen-bond acceptors (Lipinski definition) is 2. The van der Waals surface area contributed by atoms with E-state index in [1.54, 1.807) is 18.6 Å². The maximum atomic E-state index is 13.2. The molecule has 0 amide bonds. The Morgan fingerprint density at radius 1 is 1.27 bits per heavy atom. The van der Waals surface area contributed by atoms with Crippen molar-refractivity contribution < 1.29 is 8.81 Å². The maximum Gasteiger partial charge on any atom is 0.123 e. The first-order chi connectivity index (χ1) is 7.16. The summed E-state index contributed by atoms with van der Waals surface area (Å²) < 4.78 is 18.1. The van der Waals surface area contributed by atoms with Crippen LogP contribution in [0.25, 0.3) is 0 Å². The molecular formula is C12H12FNO. The highest BCUT2D eigenvalue weighted by Gasteiger charge is 2.11. The highest BCUT2D eigenvalue weighted by molar-refractivity contribution is 5.32. The summed E-state index contributed by atoms with van der Waals surface area (Å²) in [6.07, 6.45) is 3.13. The van der Waals surface area contributed by atoms with Gasteiger partial charge in [-0.05, 0) is 36.2 Å². The topological polar surface area (TPSA) is 39.2 Å². The predicted molar refractivity (Wildman–Crippen MR) is 55.9 cm³/mol. The minimum atomic E-state index is -0.335. The molecule has 1 aromatic heterocycles. The molecule has 2 aromatic rings. The van der Waals surface area contributed by atoms with Crippen LogP contribution >= 0.6 is 0 Å². The average Bonchev–Trinajstić information content (AvgIpc) is 2.67. The molecule has 1 atom stereocenters. The van der Waals surface area contributed by atoms with E-state index in [2.05, 4.69) is 0 Å². The summed E-state index contributed by atoms with van der Waals surface area (Å²) >= 11 is 0. The van der Waals surface area contributed by atoms with Gasteiger partial charge < -0.3 is 10.2 Å². The van der Waals surface area contributed by atoms with Crippen LogP contribution in [0.15, 0.2) is 41.2 Å². The number of rotatable bonds is 2. The van der Waals surface area contributed by atoms with Crippen LogP contribution in [-0.2, 0) is 0 Å². The summed E-state index contributed by atoms with van der Waals surface area (Å²) in [5.41, 5.74) is 8.44. The molecular weight excluding hydrogens is 193 g/mol. The van der Waals surface area contributed by atoms with Crippen molar-refractivity contribution >= 4 is 0 Å². The summed E-state index contributed by atoms with van der Waals surface area (Å²) in [5.74, 6) is -0.260. The standard InChI is InChI=1S/C12H12FNO/c1-8-4-10(6-11(13)5-8)12(14)9-2-3-15-7-9/h2-7,12H,14H2,1H3. The lowest BCUT2D eigenvalue weighted by molar-refractivity contribution is 0.561. The van der Waals surface area contributed by atoms with Gasteiger partial charge in [0.25, 0.3) is 0 Å². The van der Waals surface area contributed by atoms with Crippen LogP contribution < -0.4 is 5.73 Å². The Hall–Kier alpha value is -1.61. The summed E-state index contributed by atoms with van der Waals surface area (Å²) in [4.78, 5) is 0. The Morgan fingerprint density at radius 2 is 2.07 bits per heavy atom. The molecule has 0 saturated heterocycles. The number of halogens is 1. The van der Waals surface area contributed by atoms with Crippen molar-refractivity contribution in [3.05, 3.63) is 59.3 Å². The van der Waals surface area contributed by atoms with E-state index in [4.69, 9.17) is 10.2 Å². The molecule has 0 bridgehead atoms. The number of nitrogens with two attached hydrogens (primary N) is 1. The lowest BCUT2D eigenvalue weighted by Gasteiger charge is -2.10. The average molecular weight is 205 g/mol. The zero-order valence-electron chi connectivity index (χ0n) is 8.41. The van der Waals surface area contributed by atoms with Gasteiger partial charge in [-0.1, -0.05) is 6.07 Å². The van der Waals surface area contributed by atoms with E-state index in [9.17, 15) is 4.39 Å². The molecule has 2 nitrogen and oxygen atoms in total. The van der Waals surface area contributed by atoms with Gasteiger partial charge in [0, 0.05) is 5.56 Å². The van der Waals surface area contributed by atoms with E-state index >= 15 is 0 Å². The second kappa shape index (κ2) is 3.87. The van der Waals surface area contributed by atoms with Crippen LogP contribution in [0.1, 0.15) is 22.7 Å². The van der Waals surface area contributed by atoms with E-state index in [-0.39, 0.29) is 11.9 Å². The summed E-state index contributed by atoms with van der Waals surface area (Å²) in [5, 5.41) is 0. The third kappa shape index (κ3) is 2.07. The van der Waals surface area contributed by atoms with Crippen LogP contribution in [0.5, 0.6) is 0 Å². The normalized spacial score (nSPS) is 12.7. The van der Waals surface area contributed by atoms with Gasteiger partial charge in [0.2, 0.25) is 0 Å². The fourth-order valence-corrected chi connectivity index (χ4v) is 1.59. The number of furan rings is 1. The zero-order valence-corrected chi connectivity index (χ0v) is 8.41. The second-order valence-electron chi connectivity index (χ2n) is 3.60. The van der Waals surface area contributed by atoms with Crippen molar-refractivity contribution in [3.63, 3.8) is 0 Å². The van der Waals surface area contributed by atoms with Crippen molar-refractivity contribution in [3.8, 4) is 0 Å². The number of aryl methyl sites for hydroxylation is 1. The molecule has 0 spiro atoms. The fourth-order valence-electron chi connectivity index (χ4n) is 1.59. The Labute approximate surface area is 87.5 Å². The molecule has 78 valence electrons. The molecule has 3 heteroatoms. The van der Waals surface area contributed by atoms with Gasteiger partial charge in [0.15, 0.2) is 0 Å². The minimum Gasteiger partial charge on any atom is -0.472 e. The molecule has 0 fully saturated rings. The SMILES string of the molecule is Cc1cc(F)cc(C(N)c2ccoc2)c1. The third-order valence-corrected chi connectivity index (χ3v) is 2.33. The van der Waals surface area contributed by atoms with Crippen molar-refractivity contribution in [2.24, 2.45) is 5.73 Å². The van der Waals surface area contributed by atoms with Gasteiger partial charge in [-0.3, -0.25) is 0 Å². The summed E-state index contributed by atoms with van der Waals surface area (Å²) in [6, 6.07) is 6.25. The van der Waals surface area contributed by atoms with E-state index in [0.29, 0.717) is 0 Å². The van der Waals surface area contributed by atoms with Gasteiger partial charge >= 0.3 is 0 Å². The van der Waals surface area contributed by atoms with Crippen molar-refractivity contribution in [1.29, 1.82) is 0 Å². The van der Waals surface area contributed by atoms with Crippen LogP contribution in [0.2, 0.25) is 0 Å². The van der Waals surface area contributed by atoms with Gasteiger partial charge in [0.1, 0.15) is 5.82 Å². The van der Waals surface area contributed by atoms with Crippen LogP contribution in [-0.4, -0.2) is 0 Å². The predicted octanol–water partition coefficient (Wildman–Crippen LogP) is 2.78. The number of hydrogen-bond donors (Lipinski definition) is 1. The van der Waals surface area contributed by atoms with E-state index in [1.807, 2.05) is 13.0 Å². The molecule has 0 radical (unpaired) electrons. The first-order valence-corrected chi connectivity index (χ1v) is 4.71. The molecule has 0 aliphatic carbocycles. The highest BCUT2D eigenvalue weighted by atomic mass is 19.1. The Bertz CT molecular complexity index is 430. The van der Waals surface area contributed by atoms with E-state index in [1.165, 1.54) is 12.1 Å². The zero-order chi connectivity index (χ0) is 10.8. The smallest absolute Gasteiger partial charge is 0.123 e. The summed E-state index contributed by atoms with van der Waals surface area (Å²) in [7, 11) is 0. The maximum absolute atomic E-state index is 13.2. The molecule has 2 rings (SSSR count). The van der Waals surface area contributed by atoms with E-state index < -0.39 is 0 Å². The highest BCUT2D eigenvalue weighted by Crippen LogP contribution is 2.21. The Kier molecular flexibility index (Phi) is 2.56.